The number of nitrogens with one attached hydrogen (secondary N) is 1. The van der Waals surface area contributed by atoms with E-state index in [-0.39, 0.29) is 10.8 Å². The molecule has 0 unspecified atom stereocenters. The second-order valence-electron chi connectivity index (χ2n) is 6.29. The number of rotatable bonds is 7. The van der Waals surface area contributed by atoms with E-state index in [9.17, 15) is 13.2 Å². The van der Waals surface area contributed by atoms with E-state index in [1.165, 1.54) is 10.4 Å². The summed E-state index contributed by atoms with van der Waals surface area (Å²) in [5.41, 5.74) is 0.683. The lowest BCUT2D eigenvalue weighted by molar-refractivity contribution is -0.122. The molecule has 1 aromatic rings. The van der Waals surface area contributed by atoms with Gasteiger partial charge in [-0.25, -0.2) is 8.42 Å². The monoisotopic (exact) mass is 387 g/mol. The highest BCUT2D eigenvalue weighted by Crippen LogP contribution is 2.24. The summed E-state index contributed by atoms with van der Waals surface area (Å²) in [4.78, 5) is 14.1. The van der Waals surface area contributed by atoms with E-state index in [1.54, 1.807) is 19.1 Å². The molecule has 1 aliphatic rings. The van der Waals surface area contributed by atoms with Gasteiger partial charge in [-0.15, -0.1) is 0 Å². The third-order valence-electron chi connectivity index (χ3n) is 4.32. The predicted octanol–water partition coefficient (Wildman–Crippen LogP) is 1.87. The molecule has 1 fully saturated rings. The molecule has 6 nitrogen and oxygen atoms in total. The Labute approximate surface area is 155 Å². The highest BCUT2D eigenvalue weighted by atomic mass is 35.5. The van der Waals surface area contributed by atoms with Crippen molar-refractivity contribution in [1.82, 2.24) is 14.5 Å². The molecule has 0 aromatic heterocycles. The first-order valence-corrected chi connectivity index (χ1v) is 10.4. The molecule has 8 heteroatoms. The first-order valence-electron chi connectivity index (χ1n) is 8.60. The highest BCUT2D eigenvalue weighted by Gasteiger charge is 2.30. The van der Waals surface area contributed by atoms with Gasteiger partial charge in [0.1, 0.15) is 0 Å². The van der Waals surface area contributed by atoms with Crippen molar-refractivity contribution in [3.8, 4) is 0 Å². The van der Waals surface area contributed by atoms with Crippen LogP contribution in [0.3, 0.4) is 0 Å². The molecular formula is C17H26ClN3O3S. The largest absolute Gasteiger partial charge is 0.355 e. The molecule has 0 bridgehead atoms. The number of benzene rings is 1. The minimum Gasteiger partial charge on any atom is -0.355 e. The molecule has 1 aromatic carbocycles. The average molecular weight is 388 g/mol. The molecular weight excluding hydrogens is 362 g/mol. The van der Waals surface area contributed by atoms with Crippen LogP contribution in [0.2, 0.25) is 5.02 Å². The van der Waals surface area contributed by atoms with Crippen molar-refractivity contribution >= 4 is 27.5 Å². The van der Waals surface area contributed by atoms with Crippen LogP contribution in [-0.2, 0) is 14.8 Å². The predicted molar refractivity (Wildman–Crippen MR) is 99.3 cm³/mol. The Morgan fingerprint density at radius 3 is 2.56 bits per heavy atom. The Bertz CT molecular complexity index is 701. The minimum atomic E-state index is -3.56. The summed E-state index contributed by atoms with van der Waals surface area (Å²) in [6.07, 6.45) is 2.01. The fraction of sp³-hybridized carbons (Fsp3) is 0.588. The number of unbranched alkanes of at least 4 members (excludes halogenated alkanes) is 1. The Morgan fingerprint density at radius 2 is 1.92 bits per heavy atom. The Kier molecular flexibility index (Phi) is 7.25. The molecule has 0 radical (unpaired) electrons. The number of carbonyl (C=O) groups is 1. The average Bonchev–Trinajstić information content (AvgIpc) is 2.57. The normalized spacial score (nSPS) is 16.8. The third kappa shape index (κ3) is 5.41. The van der Waals surface area contributed by atoms with E-state index in [2.05, 4.69) is 12.2 Å². The first-order chi connectivity index (χ1) is 11.8. The smallest absolute Gasteiger partial charge is 0.243 e. The van der Waals surface area contributed by atoms with Crippen LogP contribution < -0.4 is 5.32 Å². The number of piperazine rings is 1. The number of nitrogens with zero attached hydrogens (tertiary/aromatic N) is 2. The van der Waals surface area contributed by atoms with E-state index >= 15 is 0 Å². The summed E-state index contributed by atoms with van der Waals surface area (Å²) in [6, 6.07) is 4.90. The minimum absolute atomic E-state index is 0.00422. The summed E-state index contributed by atoms with van der Waals surface area (Å²) in [6.45, 7) is 6.67. The van der Waals surface area contributed by atoms with Crippen molar-refractivity contribution in [1.29, 1.82) is 0 Å². The van der Waals surface area contributed by atoms with Gasteiger partial charge in [-0.3, -0.25) is 9.69 Å². The fourth-order valence-corrected chi connectivity index (χ4v) is 4.69. The molecule has 1 saturated heterocycles. The summed E-state index contributed by atoms with van der Waals surface area (Å²) >= 11 is 5.96. The molecule has 1 aliphatic heterocycles. The topological polar surface area (TPSA) is 69.7 Å². The van der Waals surface area contributed by atoms with Crippen LogP contribution in [0.15, 0.2) is 23.1 Å². The van der Waals surface area contributed by atoms with Gasteiger partial charge in [0, 0.05) is 37.7 Å². The molecule has 0 atom stereocenters. The zero-order valence-corrected chi connectivity index (χ0v) is 16.4. The van der Waals surface area contributed by atoms with Crippen molar-refractivity contribution in [3.05, 3.63) is 28.8 Å². The van der Waals surface area contributed by atoms with E-state index in [4.69, 9.17) is 11.6 Å². The lowest BCUT2D eigenvalue weighted by Crippen LogP contribution is -2.51. The molecule has 1 heterocycles. The molecule has 140 valence electrons. The molecule has 0 saturated carbocycles. The first kappa shape index (κ1) is 20.2. The summed E-state index contributed by atoms with van der Waals surface area (Å²) in [5, 5.41) is 3.29. The van der Waals surface area contributed by atoms with Crippen LogP contribution in [-0.4, -0.2) is 62.8 Å². The maximum absolute atomic E-state index is 12.8. The van der Waals surface area contributed by atoms with Gasteiger partial charge in [-0.1, -0.05) is 31.0 Å². The number of amides is 1. The van der Waals surface area contributed by atoms with E-state index < -0.39 is 10.0 Å². The van der Waals surface area contributed by atoms with Gasteiger partial charge in [0.05, 0.1) is 11.4 Å². The van der Waals surface area contributed by atoms with E-state index in [0.29, 0.717) is 49.9 Å². The standard InChI is InChI=1S/C17H26ClN3O3S/c1-3-4-7-19-17(22)13-20-8-10-21(11-9-20)25(23,24)16-12-15(18)6-5-14(16)2/h5-6,12H,3-4,7-11,13H2,1-2H3,(H,19,22). The van der Waals surface area contributed by atoms with Crippen molar-refractivity contribution in [2.75, 3.05) is 39.3 Å². The maximum Gasteiger partial charge on any atom is 0.243 e. The zero-order chi connectivity index (χ0) is 18.4. The molecule has 25 heavy (non-hydrogen) atoms. The van der Waals surface area contributed by atoms with Crippen LogP contribution in [0.5, 0.6) is 0 Å². The summed E-state index contributed by atoms with van der Waals surface area (Å²) in [5.74, 6) is -0.00422. The van der Waals surface area contributed by atoms with Gasteiger partial charge in [-0.2, -0.15) is 4.31 Å². The van der Waals surface area contributed by atoms with Gasteiger partial charge in [0.25, 0.3) is 0 Å². The third-order valence-corrected chi connectivity index (χ3v) is 6.59. The van der Waals surface area contributed by atoms with E-state index in [1.807, 2.05) is 4.90 Å². The number of hydrogen-bond acceptors (Lipinski definition) is 4. The van der Waals surface area contributed by atoms with Gasteiger partial charge < -0.3 is 5.32 Å². The van der Waals surface area contributed by atoms with Gasteiger partial charge in [0.15, 0.2) is 0 Å². The number of hydrogen-bond donors (Lipinski definition) is 1. The Balaban J connectivity index is 1.93. The van der Waals surface area contributed by atoms with E-state index in [0.717, 1.165) is 12.8 Å². The molecule has 1 N–H and O–H groups in total. The molecule has 2 rings (SSSR count). The Hall–Kier alpha value is -1.15. The van der Waals surface area contributed by atoms with Crippen LogP contribution in [0.1, 0.15) is 25.3 Å². The second kappa shape index (κ2) is 8.98. The van der Waals surface area contributed by atoms with Crippen molar-refractivity contribution in [3.63, 3.8) is 0 Å². The number of sulfonamides is 1. The van der Waals surface area contributed by atoms with Crippen LogP contribution in [0, 0.1) is 6.92 Å². The van der Waals surface area contributed by atoms with Crippen molar-refractivity contribution in [2.24, 2.45) is 0 Å². The summed E-state index contributed by atoms with van der Waals surface area (Å²) in [7, 11) is -3.56. The van der Waals surface area contributed by atoms with Gasteiger partial charge in [-0.05, 0) is 31.0 Å². The van der Waals surface area contributed by atoms with Crippen molar-refractivity contribution < 1.29 is 13.2 Å². The number of halogens is 1. The summed E-state index contributed by atoms with van der Waals surface area (Å²) < 4.78 is 27.1. The fourth-order valence-electron chi connectivity index (χ4n) is 2.78. The zero-order valence-electron chi connectivity index (χ0n) is 14.8. The molecule has 1 amide bonds. The Morgan fingerprint density at radius 1 is 1.24 bits per heavy atom. The van der Waals surface area contributed by atoms with Crippen molar-refractivity contribution in [2.45, 2.75) is 31.6 Å². The van der Waals surface area contributed by atoms with Gasteiger partial charge >= 0.3 is 0 Å². The number of carbonyl (C=O) groups excluding carboxylic acids is 1. The lowest BCUT2D eigenvalue weighted by atomic mass is 10.2. The number of aryl methyl sites for hydroxylation is 1. The molecule has 0 aliphatic carbocycles. The van der Waals surface area contributed by atoms with Crippen LogP contribution in [0.25, 0.3) is 0 Å². The molecule has 0 spiro atoms. The maximum atomic E-state index is 12.8. The quantitative estimate of drug-likeness (QED) is 0.725. The van der Waals surface area contributed by atoms with Crippen LogP contribution in [0.4, 0.5) is 0 Å². The van der Waals surface area contributed by atoms with Gasteiger partial charge in [0.2, 0.25) is 15.9 Å². The highest BCUT2D eigenvalue weighted by molar-refractivity contribution is 7.89. The second-order valence-corrected chi connectivity index (χ2v) is 8.64. The van der Waals surface area contributed by atoms with Crippen LogP contribution >= 0.6 is 11.6 Å². The lowest BCUT2D eigenvalue weighted by Gasteiger charge is -2.33. The SMILES string of the molecule is CCCCNC(=O)CN1CCN(S(=O)(=O)c2cc(Cl)ccc2C)CC1.